The lowest BCUT2D eigenvalue weighted by Crippen LogP contribution is -2.44. The van der Waals surface area contributed by atoms with Gasteiger partial charge in [-0.1, -0.05) is 0 Å². The molecule has 4 atom stereocenters. The number of hydrogen-bond acceptors (Lipinski definition) is 3. The highest BCUT2D eigenvalue weighted by Crippen LogP contribution is 2.36. The highest BCUT2D eigenvalue weighted by Gasteiger charge is 2.36. The van der Waals surface area contributed by atoms with E-state index in [0.29, 0.717) is 17.2 Å². The summed E-state index contributed by atoms with van der Waals surface area (Å²) in [5.74, 6) is 1.09. The van der Waals surface area contributed by atoms with Crippen molar-refractivity contribution in [1.82, 2.24) is 10.2 Å². The zero-order chi connectivity index (χ0) is 16.9. The maximum atomic E-state index is 6.68. The van der Waals surface area contributed by atoms with Gasteiger partial charge in [-0.3, -0.25) is 4.90 Å². The number of nitrogens with one attached hydrogen (secondary N) is 1. The Hall–Kier alpha value is 0.750. The van der Waals surface area contributed by atoms with Crippen LogP contribution in [0.3, 0.4) is 0 Å². The van der Waals surface area contributed by atoms with Gasteiger partial charge < -0.3 is 10.1 Å². The normalized spacial score (nSPS) is 39.9. The summed E-state index contributed by atoms with van der Waals surface area (Å²) < 4.78 is 6.48. The molecule has 3 fully saturated rings. The average molecular weight is 398 g/mol. The van der Waals surface area contributed by atoms with E-state index in [4.69, 9.17) is 39.5 Å². The molecule has 0 aromatic rings. The SMILES string of the molecule is ClC1CCC(CO[C@@H](CN2CCNC2)C2CCC(Cl)CC2Cl)CC1. The third-order valence-corrected chi connectivity index (χ3v) is 7.27. The Morgan fingerprint density at radius 2 is 1.75 bits per heavy atom. The molecule has 0 bridgehead atoms. The molecule has 3 unspecified atom stereocenters. The second-order valence-electron chi connectivity index (χ2n) is 7.82. The predicted octanol–water partition coefficient (Wildman–Crippen LogP) is 4.05. The highest BCUT2D eigenvalue weighted by atomic mass is 35.5. The number of rotatable bonds is 6. The minimum Gasteiger partial charge on any atom is -0.376 e. The molecule has 0 aromatic carbocycles. The van der Waals surface area contributed by atoms with Crippen molar-refractivity contribution < 1.29 is 4.74 Å². The molecule has 0 radical (unpaired) electrons. The Balaban J connectivity index is 1.54. The fourth-order valence-electron chi connectivity index (χ4n) is 4.33. The van der Waals surface area contributed by atoms with E-state index in [1.165, 1.54) is 12.8 Å². The maximum absolute atomic E-state index is 6.68. The first kappa shape index (κ1) is 19.5. The Morgan fingerprint density at radius 3 is 2.42 bits per heavy atom. The van der Waals surface area contributed by atoms with E-state index in [1.807, 2.05) is 0 Å². The van der Waals surface area contributed by atoms with Crippen molar-refractivity contribution in [3.05, 3.63) is 0 Å². The van der Waals surface area contributed by atoms with E-state index >= 15 is 0 Å². The van der Waals surface area contributed by atoms with Crippen molar-refractivity contribution in [2.45, 2.75) is 67.2 Å². The van der Waals surface area contributed by atoms with Gasteiger partial charge in [-0.05, 0) is 50.9 Å². The lowest BCUT2D eigenvalue weighted by atomic mass is 9.84. The summed E-state index contributed by atoms with van der Waals surface area (Å²) in [5.41, 5.74) is 0. The summed E-state index contributed by atoms with van der Waals surface area (Å²) in [4.78, 5) is 2.46. The van der Waals surface area contributed by atoms with Crippen molar-refractivity contribution in [2.24, 2.45) is 11.8 Å². The molecule has 3 aliphatic rings. The van der Waals surface area contributed by atoms with Gasteiger partial charge in [0.25, 0.3) is 0 Å². The summed E-state index contributed by atoms with van der Waals surface area (Å²) in [7, 11) is 0. The number of halogens is 3. The second kappa shape index (κ2) is 9.62. The molecule has 1 saturated heterocycles. The molecule has 2 saturated carbocycles. The second-order valence-corrected chi connectivity index (χ2v) is 9.61. The van der Waals surface area contributed by atoms with Crippen molar-refractivity contribution in [3.63, 3.8) is 0 Å². The Labute approximate surface area is 161 Å². The Morgan fingerprint density at radius 1 is 1.00 bits per heavy atom. The molecule has 0 spiro atoms. The summed E-state index contributed by atoms with van der Waals surface area (Å²) in [6.07, 6.45) is 7.94. The van der Waals surface area contributed by atoms with Crippen LogP contribution >= 0.6 is 34.8 Å². The van der Waals surface area contributed by atoms with Crippen LogP contribution in [0.25, 0.3) is 0 Å². The summed E-state index contributed by atoms with van der Waals surface area (Å²) >= 11 is 19.2. The van der Waals surface area contributed by atoms with E-state index in [2.05, 4.69) is 10.2 Å². The van der Waals surface area contributed by atoms with E-state index in [0.717, 1.165) is 65.0 Å². The van der Waals surface area contributed by atoms with Crippen molar-refractivity contribution >= 4 is 34.8 Å². The van der Waals surface area contributed by atoms with Crippen LogP contribution in [0.5, 0.6) is 0 Å². The lowest BCUT2D eigenvalue weighted by Gasteiger charge is -2.38. The van der Waals surface area contributed by atoms with Gasteiger partial charge in [0, 0.05) is 55.0 Å². The van der Waals surface area contributed by atoms with Crippen LogP contribution in [0.1, 0.15) is 44.9 Å². The van der Waals surface area contributed by atoms with E-state index in [9.17, 15) is 0 Å². The summed E-state index contributed by atoms with van der Waals surface area (Å²) in [6.45, 7) is 4.99. The van der Waals surface area contributed by atoms with Crippen LogP contribution in [-0.4, -0.2) is 60.0 Å². The molecule has 1 N–H and O–H groups in total. The van der Waals surface area contributed by atoms with E-state index < -0.39 is 0 Å². The van der Waals surface area contributed by atoms with Crippen molar-refractivity contribution in [2.75, 3.05) is 32.9 Å². The number of alkyl halides is 3. The average Bonchev–Trinajstić information content (AvgIpc) is 3.06. The largest absolute Gasteiger partial charge is 0.376 e. The molecule has 140 valence electrons. The number of nitrogens with zero attached hydrogens (tertiary/aromatic N) is 1. The van der Waals surface area contributed by atoms with Crippen LogP contribution in [0, 0.1) is 11.8 Å². The predicted molar refractivity (Wildman–Crippen MR) is 102 cm³/mol. The van der Waals surface area contributed by atoms with Crippen molar-refractivity contribution in [3.8, 4) is 0 Å². The fourth-order valence-corrected chi connectivity index (χ4v) is 5.50. The highest BCUT2D eigenvalue weighted by molar-refractivity contribution is 6.24. The zero-order valence-corrected chi connectivity index (χ0v) is 16.7. The van der Waals surface area contributed by atoms with Gasteiger partial charge in [-0.15, -0.1) is 34.8 Å². The summed E-state index contributed by atoms with van der Waals surface area (Å²) in [6, 6.07) is 0. The quantitative estimate of drug-likeness (QED) is 0.684. The molecule has 3 rings (SSSR count). The first-order valence-electron chi connectivity index (χ1n) is 9.58. The van der Waals surface area contributed by atoms with Crippen LogP contribution in [0.2, 0.25) is 0 Å². The van der Waals surface area contributed by atoms with Gasteiger partial charge in [-0.25, -0.2) is 0 Å². The third-order valence-electron chi connectivity index (χ3n) is 5.94. The molecule has 24 heavy (non-hydrogen) atoms. The molecule has 0 amide bonds. The lowest BCUT2D eigenvalue weighted by molar-refractivity contribution is -0.0351. The van der Waals surface area contributed by atoms with Gasteiger partial charge in [0.05, 0.1) is 6.10 Å². The molecule has 3 nitrogen and oxygen atoms in total. The van der Waals surface area contributed by atoms with Crippen molar-refractivity contribution in [1.29, 1.82) is 0 Å². The van der Waals surface area contributed by atoms with Gasteiger partial charge in [0.2, 0.25) is 0 Å². The van der Waals surface area contributed by atoms with Crippen LogP contribution < -0.4 is 5.32 Å². The fraction of sp³-hybridized carbons (Fsp3) is 1.00. The smallest absolute Gasteiger partial charge is 0.0744 e. The Bertz CT molecular complexity index is 373. The van der Waals surface area contributed by atoms with Gasteiger partial charge >= 0.3 is 0 Å². The first-order chi connectivity index (χ1) is 11.6. The van der Waals surface area contributed by atoms with Crippen LogP contribution in [0.15, 0.2) is 0 Å². The first-order valence-corrected chi connectivity index (χ1v) is 10.9. The van der Waals surface area contributed by atoms with Gasteiger partial charge in [0.15, 0.2) is 0 Å². The minimum absolute atomic E-state index is 0.139. The number of hydrogen-bond donors (Lipinski definition) is 1. The van der Waals surface area contributed by atoms with Gasteiger partial charge in [-0.2, -0.15) is 0 Å². The molecule has 6 heteroatoms. The molecule has 1 heterocycles. The molecular weight excluding hydrogens is 367 g/mol. The standard InChI is InChI=1S/C18H31Cl3N2O/c19-14-3-1-13(2-4-14)11-24-18(10-23-8-7-22-12-23)16-6-5-15(20)9-17(16)21/h13-18,22H,1-12H2/t13?,14?,15?,16?,17?,18-/m0/s1. The third kappa shape index (κ3) is 5.62. The zero-order valence-electron chi connectivity index (χ0n) is 14.4. The minimum atomic E-state index is 0.139. The monoisotopic (exact) mass is 396 g/mol. The molecular formula is C18H31Cl3N2O. The van der Waals surface area contributed by atoms with E-state index in [-0.39, 0.29) is 16.9 Å². The van der Waals surface area contributed by atoms with Crippen LogP contribution in [0.4, 0.5) is 0 Å². The molecule has 1 aliphatic heterocycles. The maximum Gasteiger partial charge on any atom is 0.0744 e. The topological polar surface area (TPSA) is 24.5 Å². The van der Waals surface area contributed by atoms with Gasteiger partial charge in [0.1, 0.15) is 0 Å². The molecule has 0 aromatic heterocycles. The van der Waals surface area contributed by atoms with E-state index in [1.54, 1.807) is 0 Å². The summed E-state index contributed by atoms with van der Waals surface area (Å²) in [5, 5.41) is 4.16. The Kier molecular flexibility index (Phi) is 7.82. The molecule has 2 aliphatic carbocycles. The number of ether oxygens (including phenoxy) is 1. The van der Waals surface area contributed by atoms with Crippen LogP contribution in [-0.2, 0) is 4.74 Å².